The first-order valence-corrected chi connectivity index (χ1v) is 19.8. The van der Waals surface area contributed by atoms with Crippen molar-refractivity contribution < 1.29 is 23.9 Å². The number of hydrogen-bond donors (Lipinski definition) is 4. The van der Waals surface area contributed by atoms with Gasteiger partial charge in [0, 0.05) is 42.3 Å². The lowest BCUT2D eigenvalue weighted by Crippen LogP contribution is -2.59. The Balaban J connectivity index is 0.000000306. The highest BCUT2D eigenvalue weighted by Crippen LogP contribution is 2.26. The van der Waals surface area contributed by atoms with Crippen LogP contribution in [0.5, 0.6) is 5.75 Å². The Kier molecular flexibility index (Phi) is 16.5. The number of rotatable bonds is 11. The van der Waals surface area contributed by atoms with Gasteiger partial charge in [0.2, 0.25) is 11.8 Å². The third-order valence-electron chi connectivity index (χ3n) is 10.2. The minimum Gasteiger partial charge on any atom is -0.497 e. The van der Waals surface area contributed by atoms with Crippen LogP contribution in [-0.4, -0.2) is 104 Å². The number of ether oxygens (including phenoxy) is 1. The van der Waals surface area contributed by atoms with Crippen molar-refractivity contribution in [3.63, 3.8) is 0 Å². The molecular weight excluding hydrogens is 744 g/mol. The molecule has 2 saturated heterocycles. The number of nitrogens with zero attached hydrogens (tertiary/aromatic N) is 4. The molecule has 0 aromatic heterocycles. The van der Waals surface area contributed by atoms with Crippen LogP contribution in [-0.2, 0) is 9.59 Å². The largest absolute Gasteiger partial charge is 0.497 e. The van der Waals surface area contributed by atoms with Crippen molar-refractivity contribution in [2.24, 2.45) is 10.8 Å². The summed E-state index contributed by atoms with van der Waals surface area (Å²) in [6.07, 6.45) is 3.20. The first-order chi connectivity index (χ1) is 26.6. The zero-order chi connectivity index (χ0) is 42.6. The summed E-state index contributed by atoms with van der Waals surface area (Å²) >= 11 is 5.88. The van der Waals surface area contributed by atoms with E-state index < -0.39 is 23.2 Å². The average molecular weight is 805 g/mol. The molecule has 0 saturated carbocycles. The summed E-state index contributed by atoms with van der Waals surface area (Å²) in [6.45, 7) is 15.1. The van der Waals surface area contributed by atoms with E-state index in [0.717, 1.165) is 26.2 Å². The van der Waals surface area contributed by atoms with E-state index in [1.807, 2.05) is 55.6 Å². The van der Waals surface area contributed by atoms with Gasteiger partial charge in [-0.05, 0) is 112 Å². The van der Waals surface area contributed by atoms with Crippen LogP contribution in [0.25, 0.3) is 0 Å². The van der Waals surface area contributed by atoms with E-state index in [4.69, 9.17) is 16.3 Å². The minimum atomic E-state index is -0.884. The second kappa shape index (κ2) is 20.1. The molecule has 2 aliphatic heterocycles. The number of nitriles is 2. The van der Waals surface area contributed by atoms with E-state index in [9.17, 15) is 29.7 Å². The van der Waals surface area contributed by atoms with E-state index in [1.54, 1.807) is 55.6 Å². The quantitative estimate of drug-likeness (QED) is 0.234. The summed E-state index contributed by atoms with van der Waals surface area (Å²) in [5.74, 6) is -0.637. The van der Waals surface area contributed by atoms with Gasteiger partial charge in [0.1, 0.15) is 28.9 Å². The second-order valence-electron chi connectivity index (χ2n) is 17.8. The Bertz CT molecular complexity index is 1760. The number of carbonyl (C=O) groups excluding carboxylic acids is 4. The fourth-order valence-electron chi connectivity index (χ4n) is 6.65. The number of nitrogens with one attached hydrogen (secondary N) is 4. The maximum absolute atomic E-state index is 13.1. The Labute approximate surface area is 343 Å². The van der Waals surface area contributed by atoms with Crippen LogP contribution in [0.1, 0.15) is 101 Å². The third kappa shape index (κ3) is 15.0. The number of piperidine rings is 2. The predicted molar refractivity (Wildman–Crippen MR) is 222 cm³/mol. The fourth-order valence-corrected chi connectivity index (χ4v) is 6.77. The van der Waals surface area contributed by atoms with Crippen molar-refractivity contribution in [1.82, 2.24) is 31.1 Å². The maximum atomic E-state index is 13.1. The highest BCUT2D eigenvalue weighted by molar-refractivity contribution is 6.30. The van der Waals surface area contributed by atoms with Gasteiger partial charge in [-0.3, -0.25) is 19.2 Å². The van der Waals surface area contributed by atoms with E-state index >= 15 is 0 Å². The summed E-state index contributed by atoms with van der Waals surface area (Å²) in [7, 11) is 5.56. The lowest BCUT2D eigenvalue weighted by molar-refractivity contribution is -0.126. The van der Waals surface area contributed by atoms with Crippen LogP contribution in [0.4, 0.5) is 0 Å². The van der Waals surface area contributed by atoms with Gasteiger partial charge in [0.25, 0.3) is 11.8 Å². The van der Waals surface area contributed by atoms with Crippen LogP contribution in [0.2, 0.25) is 5.02 Å². The number of likely N-dealkylation sites (tertiary alicyclic amines) is 2. The van der Waals surface area contributed by atoms with Crippen LogP contribution >= 0.6 is 11.6 Å². The van der Waals surface area contributed by atoms with Crippen LogP contribution in [0.15, 0.2) is 48.5 Å². The lowest BCUT2D eigenvalue weighted by atomic mass is 9.85. The first kappa shape index (κ1) is 46.7. The highest BCUT2D eigenvalue weighted by atomic mass is 35.5. The summed E-state index contributed by atoms with van der Waals surface area (Å²) in [6, 6.07) is 16.4. The first-order valence-electron chi connectivity index (χ1n) is 19.5. The molecule has 310 valence electrons. The molecule has 4 N–H and O–H groups in total. The molecule has 2 aromatic rings. The maximum Gasteiger partial charge on any atom is 0.251 e. The molecule has 14 heteroatoms. The molecule has 57 heavy (non-hydrogen) atoms. The Hall–Kier alpha value is -4.69. The predicted octanol–water partition coefficient (Wildman–Crippen LogP) is 5.31. The molecule has 4 rings (SSSR count). The number of methoxy groups -OCH3 is 1. The lowest BCUT2D eigenvalue weighted by Gasteiger charge is -2.37. The monoisotopic (exact) mass is 804 g/mol. The van der Waals surface area contributed by atoms with Crippen molar-refractivity contribution >= 4 is 35.2 Å². The average Bonchev–Trinajstić information content (AvgIpc) is 3.15. The van der Waals surface area contributed by atoms with Gasteiger partial charge in [-0.1, -0.05) is 53.1 Å². The molecule has 2 heterocycles. The number of halogens is 1. The minimum absolute atomic E-state index is 0.179. The molecule has 2 atom stereocenters. The van der Waals surface area contributed by atoms with E-state index in [0.29, 0.717) is 60.4 Å². The smallest absolute Gasteiger partial charge is 0.251 e. The van der Waals surface area contributed by atoms with E-state index in [2.05, 4.69) is 43.2 Å². The van der Waals surface area contributed by atoms with Gasteiger partial charge in [0.05, 0.1) is 19.2 Å². The third-order valence-corrected chi connectivity index (χ3v) is 10.4. The van der Waals surface area contributed by atoms with Crippen LogP contribution < -0.4 is 26.0 Å². The fraction of sp³-hybridized carbons (Fsp3) is 0.581. The summed E-state index contributed by atoms with van der Waals surface area (Å²) in [5.41, 5.74) is -1.24. The van der Waals surface area contributed by atoms with Gasteiger partial charge in [-0.15, -0.1) is 0 Å². The highest BCUT2D eigenvalue weighted by Gasteiger charge is 2.39. The molecule has 0 spiro atoms. The van der Waals surface area contributed by atoms with E-state index in [-0.39, 0.29) is 34.5 Å². The number of benzene rings is 2. The normalized spacial score (nSPS) is 17.8. The Morgan fingerprint density at radius 1 is 0.684 bits per heavy atom. The van der Waals surface area contributed by atoms with Crippen molar-refractivity contribution in [1.29, 1.82) is 10.5 Å². The molecule has 2 unspecified atom stereocenters. The molecule has 0 radical (unpaired) electrons. The van der Waals surface area contributed by atoms with Crippen molar-refractivity contribution in [2.75, 3.05) is 47.4 Å². The number of hydrogen-bond acceptors (Lipinski definition) is 9. The van der Waals surface area contributed by atoms with Crippen LogP contribution in [0.3, 0.4) is 0 Å². The second-order valence-corrected chi connectivity index (χ2v) is 18.2. The van der Waals surface area contributed by atoms with Crippen LogP contribution in [0, 0.1) is 33.5 Å². The summed E-state index contributed by atoms with van der Waals surface area (Å²) in [4.78, 5) is 55.8. The SMILES string of the molecule is CN1CCC(C#N)(NC(=O)C(CC(C)(C)C)NC(=O)c2ccc(Cl)cc2)CC1.COc1ccc(C(=O)NC(CC(C)(C)C)C(=O)NC2(C#N)CCN(C)CC2)cc1. The number of amides is 4. The molecule has 0 aliphatic carbocycles. The molecule has 2 fully saturated rings. The molecule has 13 nitrogen and oxygen atoms in total. The van der Waals surface area contributed by atoms with Gasteiger partial charge in [-0.2, -0.15) is 10.5 Å². The Morgan fingerprint density at radius 3 is 1.32 bits per heavy atom. The molecule has 0 bridgehead atoms. The van der Waals surface area contributed by atoms with Crippen molar-refractivity contribution in [2.45, 2.75) is 103 Å². The van der Waals surface area contributed by atoms with Gasteiger partial charge in [0.15, 0.2) is 0 Å². The molecule has 4 amide bonds. The van der Waals surface area contributed by atoms with Gasteiger partial charge < -0.3 is 35.8 Å². The molecule has 2 aromatic carbocycles. The topological polar surface area (TPSA) is 180 Å². The van der Waals surface area contributed by atoms with E-state index in [1.165, 1.54) is 0 Å². The summed E-state index contributed by atoms with van der Waals surface area (Å²) in [5, 5.41) is 31.5. The standard InChI is InChI=1S/C22H32N4O3.C21H29ClN4O2/c1-21(2,3)14-18(24-19(27)16-6-8-17(29-5)9-7-16)20(28)25-22(15-23)10-12-26(4)13-11-22;1-20(2,3)13-17(24-18(27)15-5-7-16(22)8-6-15)19(28)25-21(14-23)9-11-26(4)12-10-21/h6-9,18H,10-14H2,1-5H3,(H,24,27)(H,25,28);5-8,17H,9-13H2,1-4H3,(H,24,27)(H,25,28). The Morgan fingerprint density at radius 2 is 1.02 bits per heavy atom. The van der Waals surface area contributed by atoms with Gasteiger partial charge >= 0.3 is 0 Å². The van der Waals surface area contributed by atoms with Gasteiger partial charge in [-0.25, -0.2) is 0 Å². The van der Waals surface area contributed by atoms with Crippen molar-refractivity contribution in [3.05, 3.63) is 64.7 Å². The summed E-state index contributed by atoms with van der Waals surface area (Å²) < 4.78 is 5.12. The zero-order valence-corrected chi connectivity index (χ0v) is 35.8. The molecular formula is C43H61ClN8O5. The zero-order valence-electron chi connectivity index (χ0n) is 35.1. The number of carbonyl (C=O) groups is 4. The van der Waals surface area contributed by atoms with Crippen molar-refractivity contribution in [3.8, 4) is 17.9 Å². The molecule has 2 aliphatic rings.